The van der Waals surface area contributed by atoms with Crippen LogP contribution in [-0.4, -0.2) is 0 Å². The predicted octanol–water partition coefficient (Wildman–Crippen LogP) is 14.1. The van der Waals surface area contributed by atoms with Crippen LogP contribution >= 0.6 is 0 Å². The van der Waals surface area contributed by atoms with Crippen LogP contribution in [0.3, 0.4) is 0 Å². The fourth-order valence-electron chi connectivity index (χ4n) is 6.14. The maximum atomic E-state index is 10.00. The van der Waals surface area contributed by atoms with Gasteiger partial charge in [0.2, 0.25) is 0 Å². The summed E-state index contributed by atoms with van der Waals surface area (Å²) >= 11 is 0. The van der Waals surface area contributed by atoms with E-state index in [-0.39, 0.29) is 0 Å². The van der Waals surface area contributed by atoms with Gasteiger partial charge in [-0.1, -0.05) is 140 Å². The highest BCUT2D eigenvalue weighted by Gasteiger charge is 2.23. The Morgan fingerprint density at radius 3 is 1.69 bits per heavy atom. The van der Waals surface area contributed by atoms with E-state index in [9.17, 15) is 15.1 Å². The van der Waals surface area contributed by atoms with Crippen molar-refractivity contribution >= 4 is 54.3 Å². The number of furan rings is 1. The lowest BCUT2D eigenvalue weighted by atomic mass is 9.78. The topological polar surface area (TPSA) is 13.1 Å². The summed E-state index contributed by atoms with van der Waals surface area (Å²) < 4.78 is 278. The van der Waals surface area contributed by atoms with Gasteiger partial charge in [-0.2, -0.15) is 0 Å². The lowest BCUT2D eigenvalue weighted by molar-refractivity contribution is 0.444. The Morgan fingerprint density at radius 2 is 0.980 bits per heavy atom. The van der Waals surface area contributed by atoms with Crippen molar-refractivity contribution in [3.8, 4) is 33.4 Å². The normalized spacial score (nSPS) is 31.3. The minimum atomic E-state index is -1.86. The first-order chi connectivity index (χ1) is 36.8. The zero-order valence-electron chi connectivity index (χ0n) is 54.9. The van der Waals surface area contributed by atoms with Gasteiger partial charge in [-0.3, -0.25) is 0 Å². The van der Waals surface area contributed by atoms with E-state index in [1.807, 2.05) is 0 Å². The van der Waals surface area contributed by atoms with Crippen molar-refractivity contribution in [1.29, 1.82) is 0 Å². The molecular weight excluding hydrogens is 593 g/mol. The molecule has 1 nitrogen and oxygen atoms in total. The Kier molecular flexibility index (Phi) is 2.69. The quantitative estimate of drug-likeness (QED) is 0.172. The summed E-state index contributed by atoms with van der Waals surface area (Å²) in [4.78, 5) is 0. The molecule has 0 aliphatic heterocycles. The molecule has 49 heavy (non-hydrogen) atoms. The van der Waals surface area contributed by atoms with E-state index >= 15 is 0 Å². The van der Waals surface area contributed by atoms with Gasteiger partial charge in [-0.05, 0) is 120 Å². The highest BCUT2D eigenvalue weighted by atomic mass is 16.3. The summed E-state index contributed by atoms with van der Waals surface area (Å²) in [7, 11) is 0. The molecule has 4 atom stereocenters. The molecule has 1 fully saturated rings. The summed E-state index contributed by atoms with van der Waals surface area (Å²) in [6.45, 7) is 0. The molecule has 1 aromatic heterocycles. The predicted molar refractivity (Wildman–Crippen MR) is 208 cm³/mol. The number of hydrogen-bond donors (Lipinski definition) is 0. The van der Waals surface area contributed by atoms with Gasteiger partial charge in [0, 0.05) is 17.6 Å². The van der Waals surface area contributed by atoms with Crippen LogP contribution < -0.4 is 0 Å². The van der Waals surface area contributed by atoms with E-state index < -0.39 is 282 Å². The molecule has 0 N–H and O–H groups in total. The van der Waals surface area contributed by atoms with E-state index in [1.54, 1.807) is 0 Å². The molecule has 234 valence electrons. The van der Waals surface area contributed by atoms with Gasteiger partial charge in [0.25, 0.3) is 0 Å². The summed E-state index contributed by atoms with van der Waals surface area (Å²) in [5, 5.41) is -5.43. The van der Waals surface area contributed by atoms with Crippen molar-refractivity contribution in [2.45, 2.75) is 37.9 Å². The molecule has 0 radical (unpaired) electrons. The fraction of sp³-hybridized carbons (Fsp3) is 0.125. The minimum Gasteiger partial charge on any atom is -0.456 e. The number of fused-ring (bicyclic) bond motifs is 6. The van der Waals surface area contributed by atoms with E-state index in [1.165, 1.54) is 0 Å². The van der Waals surface area contributed by atoms with Crippen molar-refractivity contribution in [2.75, 3.05) is 0 Å². The summed E-state index contributed by atoms with van der Waals surface area (Å²) in [5.41, 5.74) is -6.61. The summed E-state index contributed by atoms with van der Waals surface area (Å²) in [5.74, 6) is -1.83. The van der Waals surface area contributed by atoms with E-state index in [0.717, 1.165) is 0 Å². The van der Waals surface area contributed by atoms with Crippen LogP contribution in [0.1, 0.15) is 84.6 Å². The highest BCUT2D eigenvalue weighted by molar-refractivity contribution is 6.22. The molecule has 0 amide bonds. The Bertz CT molecular complexity index is 4220. The third-order valence-corrected chi connectivity index (χ3v) is 8.29. The van der Waals surface area contributed by atoms with Crippen LogP contribution in [0.5, 0.6) is 0 Å². The molecule has 1 heteroatoms. The van der Waals surface area contributed by atoms with Gasteiger partial charge in [-0.25, -0.2) is 0 Å². The molecule has 1 saturated carbocycles. The van der Waals surface area contributed by atoms with Crippen molar-refractivity contribution in [1.82, 2.24) is 0 Å². The van der Waals surface area contributed by atoms with Crippen molar-refractivity contribution in [3.63, 3.8) is 0 Å². The van der Waals surface area contributed by atoms with Crippen LogP contribution in [0.2, 0.25) is 0 Å². The molecule has 1 aliphatic carbocycles. The molecule has 0 saturated heterocycles. The molecule has 0 spiro atoms. The van der Waals surface area contributed by atoms with Crippen molar-refractivity contribution < 1.29 is 45.5 Å². The molecule has 8 aromatic carbocycles. The lowest BCUT2D eigenvalue weighted by Crippen LogP contribution is -2.06. The molecule has 4 unspecified atom stereocenters. The smallest absolute Gasteiger partial charge is 0.135 e. The largest absolute Gasteiger partial charge is 0.456 e. The Labute approximate surface area is 328 Å². The zero-order valence-corrected chi connectivity index (χ0v) is 24.9. The lowest BCUT2D eigenvalue weighted by Gasteiger charge is -2.26. The van der Waals surface area contributed by atoms with Gasteiger partial charge < -0.3 is 4.42 Å². The number of benzene rings is 8. The molecular formula is C48H36O. The summed E-state index contributed by atoms with van der Waals surface area (Å²) in [6, 6.07) is -23.6. The Hall–Kier alpha value is -5.66. The van der Waals surface area contributed by atoms with Crippen LogP contribution in [0.25, 0.3) is 87.6 Å². The van der Waals surface area contributed by atoms with E-state index in [0.29, 0.717) is 0 Å². The standard InChI is InChI=1S/C48H36O/c1-2-13-32(14-3-1)37-16-6-7-17-38(37)48-41-20-10-8-18-39(41)47(40-19-9-11-21-42(40)48)36-25-27-46-44(30-36)43-29-35(24-26-45(43)49-46)34-23-22-31-12-4-5-15-33(31)28-34/h4-12,15-30,32H,1-3,13-14H2/i1D,2D,3D,4D,5D,6D,7D,8D,9D,10D,11D,12D,13D,14D,15D,16D,17D,18D,19D,20D,21D,22D,23D,24D,25D,26D,27D,28D,29D,30D. The van der Waals surface area contributed by atoms with Gasteiger partial charge in [-0.15, -0.1) is 0 Å². The third kappa shape index (κ3) is 4.68. The summed E-state index contributed by atoms with van der Waals surface area (Å²) in [6.07, 6.45) is -8.87. The van der Waals surface area contributed by atoms with Crippen LogP contribution in [-0.2, 0) is 0 Å². The molecule has 0 bridgehead atoms. The highest BCUT2D eigenvalue weighted by Crippen LogP contribution is 2.47. The SMILES string of the molecule is [2H]c1c([2H])c([2H])c(C2C([2H])C([2H])C([2H])C([2H])C2[2H])c(-c2c3c([2H])c([2H])c([2H])c([2H])c3c(-c3c([2H])c([2H])c4oc5c([2H])c([2H])c(-c6c([2H])c([2H])c7c([2H])c([2H])c([2H])c([2H])c7c6[2H])c([2H])c5c4c3[2H])c3c([2H])c([2H])c([2H])c([2H])c23)c1[2H]. The molecule has 9 aromatic rings. The Morgan fingerprint density at radius 1 is 0.449 bits per heavy atom. The second-order valence-electron chi connectivity index (χ2n) is 11.0. The van der Waals surface area contributed by atoms with Gasteiger partial charge in [0.15, 0.2) is 0 Å². The first-order valence-corrected chi connectivity index (χ1v) is 14.9. The zero-order chi connectivity index (χ0) is 58.4. The van der Waals surface area contributed by atoms with Crippen LogP contribution in [0.15, 0.2) is 155 Å². The number of hydrogen-bond acceptors (Lipinski definition) is 1. The van der Waals surface area contributed by atoms with Gasteiger partial charge in [0.1, 0.15) is 11.2 Å². The number of rotatable bonds is 4. The average molecular weight is 659 g/mol. The average Bonchev–Trinajstić information content (AvgIpc) is 3.40. The van der Waals surface area contributed by atoms with Gasteiger partial charge >= 0.3 is 0 Å². The van der Waals surface area contributed by atoms with Crippen LogP contribution in [0, 0.1) is 0 Å². The second-order valence-corrected chi connectivity index (χ2v) is 11.0. The van der Waals surface area contributed by atoms with Crippen molar-refractivity contribution in [3.05, 3.63) is 157 Å². The fourth-order valence-corrected chi connectivity index (χ4v) is 6.14. The molecule has 1 aliphatic rings. The van der Waals surface area contributed by atoms with E-state index in [4.69, 9.17) is 30.5 Å². The van der Waals surface area contributed by atoms with Crippen LogP contribution in [0.4, 0.5) is 0 Å². The minimum absolute atomic E-state index is 0.533. The third-order valence-electron chi connectivity index (χ3n) is 8.29. The monoisotopic (exact) mass is 658 g/mol. The Balaban J connectivity index is 1.45. The van der Waals surface area contributed by atoms with Gasteiger partial charge in [0.05, 0.1) is 34.3 Å². The second kappa shape index (κ2) is 11.5. The van der Waals surface area contributed by atoms with Crippen molar-refractivity contribution in [2.24, 2.45) is 0 Å². The van der Waals surface area contributed by atoms with E-state index in [2.05, 4.69) is 0 Å². The maximum absolute atomic E-state index is 10.00. The first-order valence-electron chi connectivity index (χ1n) is 30.3. The first kappa shape index (κ1) is 11.5. The molecule has 1 heterocycles. The maximum Gasteiger partial charge on any atom is 0.135 e. The molecule has 10 rings (SSSR count).